The van der Waals surface area contributed by atoms with E-state index in [0.29, 0.717) is 6.54 Å². The van der Waals surface area contributed by atoms with Crippen molar-refractivity contribution in [1.82, 2.24) is 15.5 Å². The number of hydrogen-bond acceptors (Lipinski definition) is 6. The zero-order valence-corrected chi connectivity index (χ0v) is 15.0. The number of thioether (sulfide) groups is 1. The molecule has 5 nitrogen and oxygen atoms in total. The van der Waals surface area contributed by atoms with Crippen LogP contribution in [0.15, 0.2) is 34.7 Å². The van der Waals surface area contributed by atoms with E-state index in [9.17, 15) is 4.79 Å². The van der Waals surface area contributed by atoms with E-state index in [0.717, 1.165) is 34.4 Å². The maximum absolute atomic E-state index is 12.3. The summed E-state index contributed by atoms with van der Waals surface area (Å²) in [6.07, 6.45) is 1.80. The van der Waals surface area contributed by atoms with Crippen molar-refractivity contribution < 1.29 is 4.79 Å². The van der Waals surface area contributed by atoms with Gasteiger partial charge in [0.2, 0.25) is 11.0 Å². The first-order chi connectivity index (χ1) is 11.2. The third-order valence-electron chi connectivity index (χ3n) is 3.15. The van der Waals surface area contributed by atoms with E-state index < -0.39 is 0 Å². The fraction of sp³-hybridized carbons (Fsp3) is 0.438. The molecule has 23 heavy (non-hydrogen) atoms. The highest BCUT2D eigenvalue weighted by Crippen LogP contribution is 2.30. The average Bonchev–Trinajstić information content (AvgIpc) is 3.04. The highest BCUT2D eigenvalue weighted by molar-refractivity contribution is 8.02. The second-order valence-electron chi connectivity index (χ2n) is 5.02. The maximum Gasteiger partial charge on any atom is 0.233 e. The Labute approximate surface area is 145 Å². The second kappa shape index (κ2) is 9.52. The molecule has 1 aromatic carbocycles. The van der Waals surface area contributed by atoms with Crippen LogP contribution in [0.3, 0.4) is 0 Å². The first kappa shape index (κ1) is 17.7. The lowest BCUT2D eigenvalue weighted by molar-refractivity contribution is -0.120. The van der Waals surface area contributed by atoms with Gasteiger partial charge in [0, 0.05) is 13.1 Å². The van der Waals surface area contributed by atoms with E-state index >= 15 is 0 Å². The minimum Gasteiger partial charge on any atom is -0.360 e. The zero-order chi connectivity index (χ0) is 16.5. The summed E-state index contributed by atoms with van der Waals surface area (Å²) in [5.41, 5.74) is 1.10. The van der Waals surface area contributed by atoms with Crippen LogP contribution in [0.4, 0.5) is 5.13 Å². The Bertz CT molecular complexity index is 603. The summed E-state index contributed by atoms with van der Waals surface area (Å²) < 4.78 is 0.824. The van der Waals surface area contributed by atoms with Crippen LogP contribution in [0.2, 0.25) is 0 Å². The van der Waals surface area contributed by atoms with E-state index in [-0.39, 0.29) is 11.2 Å². The Balaban J connectivity index is 1.86. The number of carbonyl (C=O) groups is 1. The van der Waals surface area contributed by atoms with Crippen molar-refractivity contribution in [2.24, 2.45) is 0 Å². The Hall–Kier alpha value is -1.60. The maximum atomic E-state index is 12.3. The number of hydrogen-bond donors (Lipinski definition) is 2. The highest BCUT2D eigenvalue weighted by Gasteiger charge is 2.20. The molecule has 0 bridgehead atoms. The Morgan fingerprint density at radius 3 is 2.74 bits per heavy atom. The lowest BCUT2D eigenvalue weighted by Gasteiger charge is -2.13. The molecule has 0 aliphatic carbocycles. The molecule has 124 valence electrons. The van der Waals surface area contributed by atoms with Gasteiger partial charge in [0.25, 0.3) is 0 Å². The first-order valence-electron chi connectivity index (χ1n) is 7.78. The van der Waals surface area contributed by atoms with Crippen molar-refractivity contribution in [3.8, 4) is 0 Å². The van der Waals surface area contributed by atoms with E-state index in [1.165, 1.54) is 23.1 Å². The van der Waals surface area contributed by atoms with Crippen molar-refractivity contribution in [2.75, 3.05) is 11.9 Å². The fourth-order valence-electron chi connectivity index (χ4n) is 1.90. The monoisotopic (exact) mass is 350 g/mol. The smallest absolute Gasteiger partial charge is 0.233 e. The van der Waals surface area contributed by atoms with Crippen LogP contribution in [0.5, 0.6) is 0 Å². The summed E-state index contributed by atoms with van der Waals surface area (Å²) in [5.74, 6) is 0.0413. The molecule has 2 N–H and O–H groups in total. The Kier molecular flexibility index (Phi) is 7.35. The number of nitrogens with zero attached hydrogens (tertiary/aromatic N) is 2. The van der Waals surface area contributed by atoms with E-state index in [1.54, 1.807) is 0 Å². The van der Waals surface area contributed by atoms with Gasteiger partial charge < -0.3 is 10.6 Å². The normalized spacial score (nSPS) is 11.9. The van der Waals surface area contributed by atoms with Crippen LogP contribution in [0.1, 0.15) is 32.3 Å². The summed E-state index contributed by atoms with van der Waals surface area (Å²) in [6.45, 7) is 5.55. The summed E-state index contributed by atoms with van der Waals surface area (Å²) in [5, 5.41) is 15.1. The van der Waals surface area contributed by atoms with E-state index in [4.69, 9.17) is 0 Å². The Morgan fingerprint density at radius 1 is 1.26 bits per heavy atom. The molecule has 1 heterocycles. The second-order valence-corrected chi connectivity index (χ2v) is 7.45. The van der Waals surface area contributed by atoms with Crippen molar-refractivity contribution in [1.29, 1.82) is 0 Å². The van der Waals surface area contributed by atoms with Gasteiger partial charge in [-0.15, -0.1) is 10.2 Å². The number of amides is 1. The van der Waals surface area contributed by atoms with Gasteiger partial charge in [0.05, 0.1) is 5.25 Å². The van der Waals surface area contributed by atoms with Gasteiger partial charge in [-0.2, -0.15) is 0 Å². The lowest BCUT2D eigenvalue weighted by Crippen LogP contribution is -2.31. The minimum atomic E-state index is -0.148. The molecule has 7 heteroatoms. The number of nitrogens with one attached hydrogen (secondary N) is 2. The number of aromatic nitrogens is 2. The van der Waals surface area contributed by atoms with Crippen LogP contribution in [0.25, 0.3) is 0 Å². The highest BCUT2D eigenvalue weighted by atomic mass is 32.2. The van der Waals surface area contributed by atoms with E-state index in [2.05, 4.69) is 27.8 Å². The molecule has 0 radical (unpaired) electrons. The van der Waals surface area contributed by atoms with Gasteiger partial charge in [0.15, 0.2) is 4.34 Å². The predicted molar refractivity (Wildman–Crippen MR) is 96.9 cm³/mol. The molecule has 0 aliphatic rings. The topological polar surface area (TPSA) is 66.9 Å². The van der Waals surface area contributed by atoms with Crippen LogP contribution in [-0.2, 0) is 11.3 Å². The third-order valence-corrected chi connectivity index (χ3v) is 5.48. The van der Waals surface area contributed by atoms with Crippen LogP contribution in [0, 0.1) is 0 Å². The van der Waals surface area contributed by atoms with E-state index in [1.807, 2.05) is 37.3 Å². The first-order valence-corrected chi connectivity index (χ1v) is 9.48. The van der Waals surface area contributed by atoms with Gasteiger partial charge in [-0.05, 0) is 18.4 Å². The number of carbonyl (C=O) groups excluding carboxylic acids is 1. The van der Waals surface area contributed by atoms with Gasteiger partial charge in [-0.1, -0.05) is 67.3 Å². The molecule has 0 saturated heterocycles. The van der Waals surface area contributed by atoms with Crippen molar-refractivity contribution in [3.63, 3.8) is 0 Å². The summed E-state index contributed by atoms with van der Waals surface area (Å²) in [6, 6.07) is 9.92. The van der Waals surface area contributed by atoms with Crippen molar-refractivity contribution >= 4 is 34.1 Å². The van der Waals surface area contributed by atoms with Gasteiger partial charge in [0.1, 0.15) is 0 Å². The molecule has 1 amide bonds. The molecular weight excluding hydrogens is 328 g/mol. The summed E-state index contributed by atoms with van der Waals surface area (Å²) in [4.78, 5) is 12.3. The standard InChI is InChI=1S/C16H22N4OS2/c1-3-10-17-15-19-20-16(23-15)22-13(4-2)14(21)18-11-12-8-6-5-7-9-12/h5-9,13H,3-4,10-11H2,1-2H3,(H,17,19)(H,18,21). The van der Waals surface area contributed by atoms with Gasteiger partial charge >= 0.3 is 0 Å². The van der Waals surface area contributed by atoms with Gasteiger partial charge in [-0.3, -0.25) is 4.79 Å². The lowest BCUT2D eigenvalue weighted by atomic mass is 10.2. The molecule has 0 spiro atoms. The number of benzene rings is 1. The molecule has 2 aromatic rings. The average molecular weight is 351 g/mol. The number of anilines is 1. The zero-order valence-electron chi connectivity index (χ0n) is 13.4. The molecular formula is C16H22N4OS2. The predicted octanol–water partition coefficient (Wildman–Crippen LogP) is 3.55. The molecule has 1 atom stereocenters. The molecule has 1 unspecified atom stereocenters. The molecule has 0 aliphatic heterocycles. The van der Waals surface area contributed by atoms with Crippen LogP contribution in [-0.4, -0.2) is 27.9 Å². The SMILES string of the molecule is CCCNc1nnc(SC(CC)C(=O)NCc2ccccc2)s1. The molecule has 0 fully saturated rings. The quantitative estimate of drug-likeness (QED) is 0.677. The third kappa shape index (κ3) is 5.84. The van der Waals surface area contributed by atoms with Crippen LogP contribution < -0.4 is 10.6 Å². The molecule has 1 aromatic heterocycles. The molecule has 0 saturated carbocycles. The van der Waals surface area contributed by atoms with Crippen molar-refractivity contribution in [3.05, 3.63) is 35.9 Å². The number of rotatable bonds is 9. The van der Waals surface area contributed by atoms with Crippen LogP contribution >= 0.6 is 23.1 Å². The fourth-order valence-corrected chi connectivity index (χ4v) is 3.87. The Morgan fingerprint density at radius 2 is 2.04 bits per heavy atom. The largest absolute Gasteiger partial charge is 0.360 e. The summed E-state index contributed by atoms with van der Waals surface area (Å²) >= 11 is 2.98. The summed E-state index contributed by atoms with van der Waals surface area (Å²) in [7, 11) is 0. The van der Waals surface area contributed by atoms with Gasteiger partial charge in [-0.25, -0.2) is 0 Å². The minimum absolute atomic E-state index is 0.0413. The van der Waals surface area contributed by atoms with Crippen molar-refractivity contribution in [2.45, 2.75) is 42.8 Å². The molecule has 2 rings (SSSR count).